The minimum atomic E-state index is -0.960. The Morgan fingerprint density at radius 2 is 1.95 bits per heavy atom. The van der Waals surface area contributed by atoms with E-state index in [9.17, 15) is 9.90 Å². The zero-order chi connectivity index (χ0) is 15.5. The summed E-state index contributed by atoms with van der Waals surface area (Å²) in [6.07, 6.45) is 3.48. The molecule has 0 bridgehead atoms. The van der Waals surface area contributed by atoms with E-state index in [1.54, 1.807) is 42.3 Å². The lowest BCUT2D eigenvalue weighted by molar-refractivity contribution is 0.0697. The molecule has 0 aliphatic carbocycles. The zero-order valence-corrected chi connectivity index (χ0v) is 11.9. The first-order valence-electron chi connectivity index (χ1n) is 6.71. The molecule has 3 rings (SSSR count). The van der Waals surface area contributed by atoms with Crippen molar-refractivity contribution in [2.24, 2.45) is 0 Å². The Bertz CT molecular complexity index is 811. The van der Waals surface area contributed by atoms with E-state index in [-0.39, 0.29) is 5.56 Å². The van der Waals surface area contributed by atoms with Crippen LogP contribution in [0.4, 0.5) is 0 Å². The SMILES string of the molecule is COc1ccc(-c2ccccc2C(=O)O)c(-n2cccn2)c1. The molecule has 3 aromatic rings. The molecule has 0 unspecified atom stereocenters. The molecule has 0 aliphatic heterocycles. The maximum absolute atomic E-state index is 11.5. The highest BCUT2D eigenvalue weighted by Gasteiger charge is 2.15. The molecule has 110 valence electrons. The van der Waals surface area contributed by atoms with Gasteiger partial charge in [-0.25, -0.2) is 9.48 Å². The van der Waals surface area contributed by atoms with Crippen LogP contribution < -0.4 is 4.74 Å². The van der Waals surface area contributed by atoms with E-state index in [4.69, 9.17) is 4.74 Å². The Balaban J connectivity index is 2.26. The van der Waals surface area contributed by atoms with E-state index in [0.29, 0.717) is 11.3 Å². The van der Waals surface area contributed by atoms with Gasteiger partial charge in [-0.2, -0.15) is 5.10 Å². The van der Waals surface area contributed by atoms with Gasteiger partial charge >= 0.3 is 5.97 Å². The minimum Gasteiger partial charge on any atom is -0.497 e. The molecule has 0 saturated carbocycles. The van der Waals surface area contributed by atoms with E-state index in [0.717, 1.165) is 11.3 Å². The molecule has 0 aliphatic rings. The lowest BCUT2D eigenvalue weighted by atomic mass is 9.98. The van der Waals surface area contributed by atoms with Gasteiger partial charge in [-0.05, 0) is 29.8 Å². The monoisotopic (exact) mass is 294 g/mol. The number of carbonyl (C=O) groups is 1. The van der Waals surface area contributed by atoms with Gasteiger partial charge in [0.15, 0.2) is 0 Å². The van der Waals surface area contributed by atoms with Crippen LogP contribution in [-0.2, 0) is 0 Å². The Labute approximate surface area is 127 Å². The Kier molecular flexibility index (Phi) is 3.62. The predicted molar refractivity (Wildman–Crippen MR) is 82.5 cm³/mol. The summed E-state index contributed by atoms with van der Waals surface area (Å²) in [7, 11) is 1.59. The third kappa shape index (κ3) is 2.44. The summed E-state index contributed by atoms with van der Waals surface area (Å²) in [5, 5.41) is 13.6. The molecule has 0 atom stereocenters. The van der Waals surface area contributed by atoms with Gasteiger partial charge in [-0.3, -0.25) is 0 Å². The first kappa shape index (κ1) is 13.9. The molecule has 1 heterocycles. The van der Waals surface area contributed by atoms with Crippen LogP contribution in [0.3, 0.4) is 0 Å². The third-order valence-corrected chi connectivity index (χ3v) is 3.40. The molecule has 5 heteroatoms. The molecule has 0 fully saturated rings. The number of benzene rings is 2. The number of ether oxygens (including phenoxy) is 1. The minimum absolute atomic E-state index is 0.251. The fourth-order valence-corrected chi connectivity index (χ4v) is 2.37. The Hall–Kier alpha value is -3.08. The van der Waals surface area contributed by atoms with Crippen LogP contribution in [0.1, 0.15) is 10.4 Å². The molecule has 0 radical (unpaired) electrons. The van der Waals surface area contributed by atoms with Gasteiger partial charge in [-0.15, -0.1) is 0 Å². The van der Waals surface area contributed by atoms with Crippen molar-refractivity contribution in [3.8, 4) is 22.6 Å². The first-order valence-corrected chi connectivity index (χ1v) is 6.71. The summed E-state index contributed by atoms with van der Waals surface area (Å²) in [5.74, 6) is -0.278. The van der Waals surface area contributed by atoms with Crippen LogP contribution in [0, 0.1) is 0 Å². The van der Waals surface area contributed by atoms with Gasteiger partial charge in [-0.1, -0.05) is 18.2 Å². The van der Waals surface area contributed by atoms with E-state index >= 15 is 0 Å². The first-order chi connectivity index (χ1) is 10.7. The fraction of sp³-hybridized carbons (Fsp3) is 0.0588. The number of hydrogen-bond donors (Lipinski definition) is 1. The maximum atomic E-state index is 11.5. The summed E-state index contributed by atoms with van der Waals surface area (Å²) < 4.78 is 6.95. The molecule has 0 saturated heterocycles. The van der Waals surface area contributed by atoms with E-state index < -0.39 is 5.97 Å². The van der Waals surface area contributed by atoms with Gasteiger partial charge in [0.2, 0.25) is 0 Å². The summed E-state index contributed by atoms with van der Waals surface area (Å²) in [5.41, 5.74) is 2.43. The second-order valence-corrected chi connectivity index (χ2v) is 4.68. The summed E-state index contributed by atoms with van der Waals surface area (Å²) >= 11 is 0. The number of methoxy groups -OCH3 is 1. The maximum Gasteiger partial charge on any atom is 0.336 e. The topological polar surface area (TPSA) is 64.3 Å². The van der Waals surface area contributed by atoms with Crippen molar-refractivity contribution in [1.29, 1.82) is 0 Å². The highest BCUT2D eigenvalue weighted by atomic mass is 16.5. The van der Waals surface area contributed by atoms with Gasteiger partial charge in [0, 0.05) is 24.0 Å². The number of hydrogen-bond acceptors (Lipinski definition) is 3. The highest BCUT2D eigenvalue weighted by molar-refractivity contribution is 5.97. The molecule has 1 N–H and O–H groups in total. The Morgan fingerprint density at radius 3 is 2.64 bits per heavy atom. The van der Waals surface area contributed by atoms with Crippen molar-refractivity contribution >= 4 is 5.97 Å². The van der Waals surface area contributed by atoms with Crippen LogP contribution in [0.15, 0.2) is 60.9 Å². The van der Waals surface area contributed by atoms with Crippen LogP contribution in [0.25, 0.3) is 16.8 Å². The molecule has 1 aromatic heterocycles. The summed E-state index contributed by atoms with van der Waals surface area (Å²) in [6.45, 7) is 0. The number of nitrogens with zero attached hydrogens (tertiary/aromatic N) is 2. The smallest absolute Gasteiger partial charge is 0.336 e. The van der Waals surface area contributed by atoms with Crippen molar-refractivity contribution in [1.82, 2.24) is 9.78 Å². The number of aromatic nitrogens is 2. The second kappa shape index (κ2) is 5.73. The van der Waals surface area contributed by atoms with E-state index in [1.165, 1.54) is 0 Å². The van der Waals surface area contributed by atoms with Crippen molar-refractivity contribution in [3.05, 3.63) is 66.5 Å². The number of carboxylic acid groups (broad SMARTS) is 1. The summed E-state index contributed by atoms with van der Waals surface area (Å²) in [6, 6.07) is 14.2. The van der Waals surface area contributed by atoms with Crippen molar-refractivity contribution in [2.75, 3.05) is 7.11 Å². The zero-order valence-electron chi connectivity index (χ0n) is 11.9. The van der Waals surface area contributed by atoms with E-state index in [2.05, 4.69) is 5.10 Å². The highest BCUT2D eigenvalue weighted by Crippen LogP contribution is 2.32. The van der Waals surface area contributed by atoms with E-state index in [1.807, 2.05) is 30.5 Å². The van der Waals surface area contributed by atoms with Gasteiger partial charge < -0.3 is 9.84 Å². The molecule has 5 nitrogen and oxygen atoms in total. The molecule has 0 amide bonds. The van der Waals surface area contributed by atoms with Crippen LogP contribution in [0.2, 0.25) is 0 Å². The normalized spacial score (nSPS) is 10.4. The van der Waals surface area contributed by atoms with Crippen molar-refractivity contribution in [2.45, 2.75) is 0 Å². The number of rotatable bonds is 4. The molecular formula is C17H14N2O3. The molecule has 0 spiro atoms. The largest absolute Gasteiger partial charge is 0.497 e. The van der Waals surface area contributed by atoms with Crippen molar-refractivity contribution < 1.29 is 14.6 Å². The predicted octanol–water partition coefficient (Wildman–Crippen LogP) is 3.25. The molecular weight excluding hydrogens is 280 g/mol. The summed E-state index contributed by atoms with van der Waals surface area (Å²) in [4.78, 5) is 11.5. The van der Waals surface area contributed by atoms with Gasteiger partial charge in [0.25, 0.3) is 0 Å². The third-order valence-electron chi connectivity index (χ3n) is 3.40. The van der Waals surface area contributed by atoms with Crippen molar-refractivity contribution in [3.63, 3.8) is 0 Å². The number of aromatic carboxylic acids is 1. The van der Waals surface area contributed by atoms with Crippen LogP contribution in [0.5, 0.6) is 5.75 Å². The van der Waals surface area contributed by atoms with Gasteiger partial charge in [0.05, 0.1) is 18.4 Å². The lowest BCUT2D eigenvalue weighted by Gasteiger charge is -2.13. The second-order valence-electron chi connectivity index (χ2n) is 4.68. The van der Waals surface area contributed by atoms with Crippen LogP contribution in [-0.4, -0.2) is 28.0 Å². The average Bonchev–Trinajstić information content (AvgIpc) is 3.08. The van der Waals surface area contributed by atoms with Gasteiger partial charge in [0.1, 0.15) is 5.75 Å². The molecule has 22 heavy (non-hydrogen) atoms. The molecule has 2 aromatic carbocycles. The average molecular weight is 294 g/mol. The quantitative estimate of drug-likeness (QED) is 0.802. The standard InChI is InChI=1S/C17H14N2O3/c1-22-12-7-8-14(16(11-12)19-10-4-9-18-19)13-5-2-3-6-15(13)17(20)21/h2-11H,1H3,(H,20,21). The lowest BCUT2D eigenvalue weighted by Crippen LogP contribution is -2.03. The number of carboxylic acids is 1. The fourth-order valence-electron chi connectivity index (χ4n) is 2.37. The van der Waals surface area contributed by atoms with Crippen LogP contribution >= 0.6 is 0 Å². The Morgan fingerprint density at radius 1 is 1.14 bits per heavy atom.